The summed E-state index contributed by atoms with van der Waals surface area (Å²) < 4.78 is 0. The number of aromatic nitrogens is 1. The van der Waals surface area contributed by atoms with Crippen molar-refractivity contribution < 1.29 is 59.2 Å². The van der Waals surface area contributed by atoms with E-state index in [1.54, 1.807) is 0 Å². The summed E-state index contributed by atoms with van der Waals surface area (Å²) in [4.78, 5) is 86.6. The largest absolute Gasteiger partial charge is 0.504 e. The van der Waals surface area contributed by atoms with Crippen molar-refractivity contribution in [2.75, 3.05) is 25.4 Å². The van der Waals surface area contributed by atoms with Gasteiger partial charge >= 0.3 is 18.0 Å². The molecule has 3 fully saturated rings. The number of β-lactam (4-membered cyclic amide) rings is 1. The zero-order valence-corrected chi connectivity index (χ0v) is 28.2. The van der Waals surface area contributed by atoms with Crippen molar-refractivity contribution in [3.05, 3.63) is 33.8 Å². The maximum absolute atomic E-state index is 13.5. The number of aliphatic carboxylic acids is 2. The smallest absolute Gasteiger partial charge is 0.350 e. The van der Waals surface area contributed by atoms with Crippen molar-refractivity contribution in [2.24, 2.45) is 16.2 Å². The molecule has 1 aromatic carbocycles. The summed E-state index contributed by atoms with van der Waals surface area (Å²) >= 11 is 7.69. The number of halogens is 1. The zero-order chi connectivity index (χ0) is 36.9. The molecule has 3 aliphatic rings. The Labute approximate surface area is 293 Å². The lowest BCUT2D eigenvalue weighted by Crippen LogP contribution is -2.60. The van der Waals surface area contributed by atoms with Gasteiger partial charge in [-0.2, -0.15) is 0 Å². The van der Waals surface area contributed by atoms with E-state index in [-0.39, 0.29) is 29.5 Å². The number of phenols is 2. The van der Waals surface area contributed by atoms with E-state index in [0.29, 0.717) is 0 Å². The van der Waals surface area contributed by atoms with E-state index in [1.807, 2.05) is 0 Å². The minimum Gasteiger partial charge on any atom is -0.504 e. The molecule has 0 aliphatic carbocycles. The lowest BCUT2D eigenvalue weighted by atomic mass is 9.90. The van der Waals surface area contributed by atoms with Crippen LogP contribution in [0.1, 0.15) is 31.5 Å². The van der Waals surface area contributed by atoms with Gasteiger partial charge in [-0.1, -0.05) is 33.7 Å². The first-order valence-electron chi connectivity index (χ1n) is 14.2. The number of oxime groups is 2. The minimum atomic E-state index is -2.04. The fourth-order valence-electron chi connectivity index (χ4n) is 5.19. The van der Waals surface area contributed by atoms with Crippen LogP contribution in [0.25, 0.3) is 0 Å². The number of nitrogens with zero attached hydrogens (tertiary/aromatic N) is 6. The van der Waals surface area contributed by atoms with Crippen molar-refractivity contribution >= 4 is 86.8 Å². The van der Waals surface area contributed by atoms with Crippen LogP contribution in [0, 0.1) is 5.92 Å². The second-order valence-corrected chi connectivity index (χ2v) is 14.1. The molecule has 20 nitrogen and oxygen atoms in total. The summed E-state index contributed by atoms with van der Waals surface area (Å²) in [6, 6.07) is 1.07. The van der Waals surface area contributed by atoms with Gasteiger partial charge in [-0.05, 0) is 26.0 Å². The molecule has 5 rings (SSSR count). The van der Waals surface area contributed by atoms with Gasteiger partial charge in [-0.25, -0.2) is 24.4 Å². The number of nitrogen functional groups attached to an aromatic ring is 1. The molecule has 266 valence electrons. The Bertz CT molecular complexity index is 1890. The average Bonchev–Trinajstić information content (AvgIpc) is 3.76. The molecule has 23 heteroatoms. The van der Waals surface area contributed by atoms with Crippen molar-refractivity contribution in [3.8, 4) is 11.5 Å². The highest BCUT2D eigenvalue weighted by atomic mass is 35.5. The Morgan fingerprint density at radius 1 is 1.18 bits per heavy atom. The number of benzene rings is 1. The molecule has 2 aromatic rings. The fraction of sp³-hybridized carbons (Fsp3) is 0.370. The number of ketones is 1. The molecule has 3 aliphatic heterocycles. The lowest BCUT2D eigenvalue weighted by Gasteiger charge is -2.40. The number of phenolic OH excluding ortho intramolecular Hbond substituents is 2. The number of nitrogens with one attached hydrogen (secondary N) is 1. The third-order valence-electron chi connectivity index (χ3n) is 7.95. The predicted octanol–water partition coefficient (Wildman–Crippen LogP) is 0.293. The highest BCUT2D eigenvalue weighted by Gasteiger charge is 2.66. The van der Waals surface area contributed by atoms with Crippen molar-refractivity contribution in [3.63, 3.8) is 0 Å². The molecule has 3 atom stereocenters. The number of rotatable bonds is 12. The Hall–Kier alpha value is -5.35. The van der Waals surface area contributed by atoms with Crippen LogP contribution in [0.5, 0.6) is 11.5 Å². The van der Waals surface area contributed by atoms with Gasteiger partial charge in [0, 0.05) is 23.9 Å². The molecule has 1 aromatic heterocycles. The molecule has 0 spiro atoms. The predicted molar refractivity (Wildman–Crippen MR) is 172 cm³/mol. The van der Waals surface area contributed by atoms with E-state index in [0.717, 1.165) is 45.1 Å². The lowest BCUT2D eigenvalue weighted by molar-refractivity contribution is -0.161. The summed E-state index contributed by atoms with van der Waals surface area (Å²) in [5, 5.41) is 56.2. The number of carbonyl (C=O) groups is 6. The van der Waals surface area contributed by atoms with Gasteiger partial charge < -0.3 is 41.1 Å². The molecule has 1 unspecified atom stereocenters. The molecule has 8 N–H and O–H groups in total. The molecular formula is C27H27ClN8O12S2. The maximum Gasteiger partial charge on any atom is 0.350 e. The minimum absolute atomic E-state index is 0.0232. The summed E-state index contributed by atoms with van der Waals surface area (Å²) in [6.07, 6.45) is -0.495. The third-order valence-corrected chi connectivity index (χ3v) is 10.7. The highest BCUT2D eigenvalue weighted by Crippen LogP contribution is 2.53. The molecule has 4 heterocycles. The number of Topliss-reactive ketones (excluding diaryl/α,β-unsaturated/α-hetero) is 1. The fourth-order valence-corrected chi connectivity index (χ4v) is 7.68. The number of anilines is 1. The van der Waals surface area contributed by atoms with E-state index < -0.39 is 98.2 Å². The van der Waals surface area contributed by atoms with E-state index in [9.17, 15) is 54.4 Å². The normalized spacial score (nSPS) is 22.3. The molecule has 4 amide bonds. The van der Waals surface area contributed by atoms with Crippen LogP contribution < -0.4 is 11.2 Å². The summed E-state index contributed by atoms with van der Waals surface area (Å²) in [5.41, 5.74) is 4.59. The first kappa shape index (κ1) is 35.9. The van der Waals surface area contributed by atoms with Crippen molar-refractivity contribution in [1.29, 1.82) is 0 Å². The first-order valence-corrected chi connectivity index (χ1v) is 16.4. The number of carboxylic acid groups (broad SMARTS) is 2. The molecular weight excluding hydrogens is 728 g/mol. The zero-order valence-electron chi connectivity index (χ0n) is 25.8. The number of carboxylic acids is 2. The number of aromatic hydroxyl groups is 2. The van der Waals surface area contributed by atoms with E-state index in [1.165, 1.54) is 24.1 Å². The number of amides is 4. The number of thioether (sulfide) groups is 1. The van der Waals surface area contributed by atoms with Crippen LogP contribution >= 0.6 is 34.7 Å². The second-order valence-electron chi connectivity index (χ2n) is 11.5. The number of fused-ring (bicyclic) bond motifs is 1. The van der Waals surface area contributed by atoms with Gasteiger partial charge in [0.2, 0.25) is 16.4 Å². The van der Waals surface area contributed by atoms with Crippen LogP contribution in [-0.4, -0.2) is 128 Å². The molecule has 0 saturated carbocycles. The Morgan fingerprint density at radius 3 is 2.48 bits per heavy atom. The van der Waals surface area contributed by atoms with Crippen LogP contribution in [0.4, 0.5) is 9.93 Å². The topological polar surface area (TPSA) is 298 Å². The summed E-state index contributed by atoms with van der Waals surface area (Å²) in [7, 11) is 0. The van der Waals surface area contributed by atoms with Crippen LogP contribution in [0.2, 0.25) is 5.02 Å². The number of thiazole rings is 1. The van der Waals surface area contributed by atoms with Gasteiger partial charge in [0.15, 0.2) is 33.8 Å². The number of nitrogens with two attached hydrogens (primary N) is 1. The van der Waals surface area contributed by atoms with E-state index >= 15 is 0 Å². The summed E-state index contributed by atoms with van der Waals surface area (Å²) in [6.45, 7) is 1.47. The Morgan fingerprint density at radius 2 is 1.88 bits per heavy atom. The van der Waals surface area contributed by atoms with Crippen LogP contribution in [-0.2, 0) is 28.8 Å². The van der Waals surface area contributed by atoms with Crippen molar-refractivity contribution in [2.45, 2.75) is 36.1 Å². The first-order chi connectivity index (χ1) is 23.4. The van der Waals surface area contributed by atoms with Crippen molar-refractivity contribution in [1.82, 2.24) is 25.2 Å². The molecule has 0 bridgehead atoms. The number of hydrogen-bond donors (Lipinski definition) is 7. The number of urea groups is 1. The molecule has 50 heavy (non-hydrogen) atoms. The van der Waals surface area contributed by atoms with Gasteiger partial charge in [0.1, 0.15) is 5.69 Å². The van der Waals surface area contributed by atoms with Gasteiger partial charge in [-0.3, -0.25) is 24.7 Å². The second kappa shape index (κ2) is 13.2. The monoisotopic (exact) mass is 754 g/mol. The van der Waals surface area contributed by atoms with Gasteiger partial charge in [0.05, 0.1) is 29.4 Å². The quantitative estimate of drug-likeness (QED) is 0.0504. The summed E-state index contributed by atoms with van der Waals surface area (Å²) in [5.74, 6) is -7.86. The molecule has 0 radical (unpaired) electrons. The van der Waals surface area contributed by atoms with Gasteiger partial charge in [0.25, 0.3) is 5.91 Å². The number of hydrazine groups is 1. The SMILES string of the molecule is CC(C)(O/N=C(\C(=O)CC1C(=O)N2C[C@@](C(=O)O)(N3CCN(NC(=O)/C(=N\O)c4ccc(O)c(O)c4Cl)C3=O)S[C@H]12)c1csc(N)n1)C(=O)O. The Kier molecular flexibility index (Phi) is 9.47. The van der Waals surface area contributed by atoms with E-state index in [2.05, 4.69) is 20.7 Å². The van der Waals surface area contributed by atoms with E-state index in [4.69, 9.17) is 22.2 Å². The average molecular weight is 755 g/mol. The highest BCUT2D eigenvalue weighted by molar-refractivity contribution is 8.02. The van der Waals surface area contributed by atoms with Crippen LogP contribution in [0.15, 0.2) is 27.8 Å². The standard InChI is InChI=1S/C27H27ClN8O12S2/c1-26(2,22(42)43)48-33-17(12-8-49-24(29)30-12)14(38)7-11-20(41)34-9-27(23(44)45,50-21(11)34)35-5-6-36(25(35)46)31-19(40)16(32-47)10-3-4-13(37)18(39)15(10)28/h3-4,8,11,21,37,39,47H,5-7,9H2,1-2H3,(H2,29,30)(H,31,40)(H,42,43)(H,44,45)/b32-16-,33-17-/t11?,21-,27-/m1/s1. The molecule has 3 saturated heterocycles. The van der Waals surface area contributed by atoms with Gasteiger partial charge in [-0.15, -0.1) is 11.3 Å². The number of hydrogen-bond acceptors (Lipinski definition) is 16. The van der Waals surface area contributed by atoms with Crippen LogP contribution in [0.3, 0.4) is 0 Å². The number of carbonyl (C=O) groups excluding carboxylic acids is 4. The Balaban J connectivity index is 1.31. The third kappa shape index (κ3) is 6.15. The maximum atomic E-state index is 13.5.